The number of carboxylic acids is 1. The first-order valence-electron chi connectivity index (χ1n) is 10.3. The van der Waals surface area contributed by atoms with Gasteiger partial charge in [0.25, 0.3) is 0 Å². The van der Waals surface area contributed by atoms with Crippen LogP contribution in [0, 0.1) is 0 Å². The van der Waals surface area contributed by atoms with Crippen LogP contribution >= 0.6 is 0 Å². The van der Waals surface area contributed by atoms with Crippen molar-refractivity contribution in [2.45, 2.75) is 56.3 Å². The number of hydrogen-bond acceptors (Lipinski definition) is 8. The molecule has 12 N–H and O–H groups in total. The summed E-state index contributed by atoms with van der Waals surface area (Å²) in [6, 6.07) is -5.05. The quantitative estimate of drug-likeness (QED) is 0.0720. The molecule has 0 aromatic heterocycles. The number of aliphatic imine (C=N–C) groups is 1. The molecule has 0 bridgehead atoms. The lowest BCUT2D eigenvalue weighted by Crippen LogP contribution is -2.58. The maximum Gasteiger partial charge on any atom is 0.326 e. The van der Waals surface area contributed by atoms with E-state index in [0.717, 1.165) is 4.90 Å². The van der Waals surface area contributed by atoms with E-state index < -0.39 is 66.8 Å². The van der Waals surface area contributed by atoms with Crippen LogP contribution in [0.4, 0.5) is 0 Å². The smallest absolute Gasteiger partial charge is 0.326 e. The summed E-state index contributed by atoms with van der Waals surface area (Å²) in [6.45, 7) is -0.435. The second-order valence-electron chi connectivity index (χ2n) is 7.56. The number of carbonyl (C=O) groups is 5. The predicted octanol–water partition coefficient (Wildman–Crippen LogP) is -4.72. The van der Waals surface area contributed by atoms with Crippen LogP contribution in [-0.4, -0.2) is 94.5 Å². The molecule has 0 aromatic carbocycles. The number of aliphatic hydroxyl groups excluding tert-OH is 1. The standard InChI is InChI=1S/C18H32N8O7/c19-9(3-1-5-23-18(21)22)14(29)24-10(7-13(20)28)15(30)25-11(8-27)16(31)26-6-2-4-12(26)17(32)33/h9-12,27H,1-8,19H2,(H2,20,28)(H,24,29)(H,25,30)(H,32,33)(H4,21,22,23). The first-order chi connectivity index (χ1) is 15.5. The first kappa shape index (κ1) is 27.6. The maximum atomic E-state index is 12.7. The Labute approximate surface area is 189 Å². The van der Waals surface area contributed by atoms with Gasteiger partial charge in [0.1, 0.15) is 18.1 Å². The molecule has 1 fully saturated rings. The minimum Gasteiger partial charge on any atom is -0.480 e. The molecule has 0 radical (unpaired) electrons. The molecule has 0 aliphatic carbocycles. The highest BCUT2D eigenvalue weighted by molar-refractivity contribution is 5.96. The summed E-state index contributed by atoms with van der Waals surface area (Å²) in [7, 11) is 0. The van der Waals surface area contributed by atoms with E-state index in [2.05, 4.69) is 15.6 Å². The molecule has 1 heterocycles. The lowest BCUT2D eigenvalue weighted by molar-refractivity contribution is -0.150. The van der Waals surface area contributed by atoms with Crippen molar-refractivity contribution in [3.05, 3.63) is 0 Å². The van der Waals surface area contributed by atoms with Crippen molar-refractivity contribution >= 4 is 35.6 Å². The zero-order valence-corrected chi connectivity index (χ0v) is 18.1. The molecular formula is C18H32N8O7. The molecule has 186 valence electrons. The molecule has 1 aliphatic rings. The Morgan fingerprint density at radius 3 is 2.24 bits per heavy atom. The van der Waals surface area contributed by atoms with Crippen LogP contribution in [0.2, 0.25) is 0 Å². The van der Waals surface area contributed by atoms with Gasteiger partial charge in [-0.1, -0.05) is 0 Å². The fourth-order valence-corrected chi connectivity index (χ4v) is 3.28. The highest BCUT2D eigenvalue weighted by Gasteiger charge is 2.38. The number of nitrogens with two attached hydrogens (primary N) is 4. The van der Waals surface area contributed by atoms with Crippen LogP contribution in [0.15, 0.2) is 4.99 Å². The van der Waals surface area contributed by atoms with Gasteiger partial charge in [0.05, 0.1) is 19.1 Å². The number of guanidine groups is 1. The second kappa shape index (κ2) is 13.2. The van der Waals surface area contributed by atoms with Crippen LogP contribution in [0.1, 0.15) is 32.1 Å². The van der Waals surface area contributed by atoms with Crippen molar-refractivity contribution in [1.82, 2.24) is 15.5 Å². The normalized spacial score (nSPS) is 18.0. The van der Waals surface area contributed by atoms with Crippen molar-refractivity contribution in [3.8, 4) is 0 Å². The SMILES string of the molecule is NC(=O)CC(NC(=O)C(N)CCCN=C(N)N)C(=O)NC(CO)C(=O)N1CCCC1C(=O)O. The van der Waals surface area contributed by atoms with E-state index in [1.54, 1.807) is 0 Å². The highest BCUT2D eigenvalue weighted by Crippen LogP contribution is 2.18. The first-order valence-corrected chi connectivity index (χ1v) is 10.3. The van der Waals surface area contributed by atoms with E-state index >= 15 is 0 Å². The van der Waals surface area contributed by atoms with Crippen molar-refractivity contribution in [1.29, 1.82) is 0 Å². The summed E-state index contributed by atoms with van der Waals surface area (Å²) in [5.74, 6) is -4.73. The van der Waals surface area contributed by atoms with Crippen LogP contribution in [0.3, 0.4) is 0 Å². The summed E-state index contributed by atoms with van der Waals surface area (Å²) in [6.07, 6.45) is 0.661. The Kier molecular flexibility index (Phi) is 11.0. The minimum atomic E-state index is -1.47. The molecule has 15 nitrogen and oxygen atoms in total. The van der Waals surface area contributed by atoms with Gasteiger partial charge in [0.15, 0.2) is 5.96 Å². The third-order valence-electron chi connectivity index (χ3n) is 4.96. The number of likely N-dealkylation sites (tertiary alicyclic amines) is 1. The van der Waals surface area contributed by atoms with Crippen LogP contribution in [-0.2, 0) is 24.0 Å². The van der Waals surface area contributed by atoms with Gasteiger partial charge in [-0.15, -0.1) is 0 Å². The lowest BCUT2D eigenvalue weighted by Gasteiger charge is -2.27. The van der Waals surface area contributed by atoms with Crippen LogP contribution in [0.5, 0.6) is 0 Å². The van der Waals surface area contributed by atoms with E-state index in [9.17, 15) is 34.2 Å². The summed E-state index contributed by atoms with van der Waals surface area (Å²) in [4.78, 5) is 65.2. The van der Waals surface area contributed by atoms with Gasteiger partial charge < -0.3 is 48.7 Å². The molecule has 0 aromatic rings. The van der Waals surface area contributed by atoms with Gasteiger partial charge in [-0.05, 0) is 25.7 Å². The van der Waals surface area contributed by atoms with E-state index in [0.29, 0.717) is 12.8 Å². The molecule has 1 saturated heterocycles. The average Bonchev–Trinajstić information content (AvgIpc) is 3.23. The molecule has 4 atom stereocenters. The van der Waals surface area contributed by atoms with Gasteiger partial charge in [0, 0.05) is 13.1 Å². The number of amides is 4. The minimum absolute atomic E-state index is 0.109. The number of primary amides is 1. The molecule has 1 rings (SSSR count). The molecule has 33 heavy (non-hydrogen) atoms. The molecular weight excluding hydrogens is 440 g/mol. The molecule has 0 spiro atoms. The summed E-state index contributed by atoms with van der Waals surface area (Å²) in [5, 5.41) is 23.4. The molecule has 1 aliphatic heterocycles. The zero-order valence-electron chi connectivity index (χ0n) is 18.1. The Hall–Kier alpha value is -3.46. The lowest BCUT2D eigenvalue weighted by atomic mass is 10.1. The van der Waals surface area contributed by atoms with Gasteiger partial charge >= 0.3 is 5.97 Å². The van der Waals surface area contributed by atoms with Crippen LogP contribution in [0.25, 0.3) is 0 Å². The zero-order chi connectivity index (χ0) is 25.1. The van der Waals surface area contributed by atoms with E-state index in [1.165, 1.54) is 0 Å². The topological polar surface area (TPSA) is 270 Å². The Balaban J connectivity index is 2.79. The third kappa shape index (κ3) is 8.89. The largest absolute Gasteiger partial charge is 0.480 e. The van der Waals surface area contributed by atoms with Crippen molar-refractivity contribution < 1.29 is 34.2 Å². The number of hydrogen-bond donors (Lipinski definition) is 8. The monoisotopic (exact) mass is 472 g/mol. The Bertz CT molecular complexity index is 771. The maximum absolute atomic E-state index is 12.7. The number of carbonyl (C=O) groups excluding carboxylic acids is 4. The number of carboxylic acid groups (broad SMARTS) is 1. The van der Waals surface area contributed by atoms with Gasteiger partial charge in [-0.25, -0.2) is 4.79 Å². The van der Waals surface area contributed by atoms with Crippen molar-refractivity contribution in [2.24, 2.45) is 27.9 Å². The Morgan fingerprint density at radius 1 is 1.06 bits per heavy atom. The summed E-state index contributed by atoms with van der Waals surface area (Å²) >= 11 is 0. The molecule has 4 amide bonds. The number of nitrogens with one attached hydrogen (secondary N) is 2. The molecule has 15 heteroatoms. The molecule has 0 saturated carbocycles. The van der Waals surface area contributed by atoms with E-state index in [4.69, 9.17) is 22.9 Å². The van der Waals surface area contributed by atoms with Crippen molar-refractivity contribution in [2.75, 3.05) is 19.7 Å². The average molecular weight is 473 g/mol. The fourth-order valence-electron chi connectivity index (χ4n) is 3.28. The summed E-state index contributed by atoms with van der Waals surface area (Å²) in [5.41, 5.74) is 21.4. The van der Waals surface area contributed by atoms with Gasteiger partial charge in [-0.2, -0.15) is 0 Å². The van der Waals surface area contributed by atoms with Crippen molar-refractivity contribution in [3.63, 3.8) is 0 Å². The number of aliphatic hydroxyl groups is 1. The molecule has 4 unspecified atom stereocenters. The van der Waals surface area contributed by atoms with Crippen LogP contribution < -0.4 is 33.6 Å². The highest BCUT2D eigenvalue weighted by atomic mass is 16.4. The number of aliphatic carboxylic acids is 1. The second-order valence-corrected chi connectivity index (χ2v) is 7.56. The van der Waals surface area contributed by atoms with E-state index in [1.807, 2.05) is 0 Å². The fraction of sp³-hybridized carbons (Fsp3) is 0.667. The number of rotatable bonds is 13. The van der Waals surface area contributed by atoms with E-state index in [-0.39, 0.29) is 31.9 Å². The summed E-state index contributed by atoms with van der Waals surface area (Å²) < 4.78 is 0. The van der Waals surface area contributed by atoms with Gasteiger partial charge in [0.2, 0.25) is 23.6 Å². The Morgan fingerprint density at radius 2 is 1.70 bits per heavy atom. The third-order valence-corrected chi connectivity index (χ3v) is 4.96. The van der Waals surface area contributed by atoms with Gasteiger partial charge in [-0.3, -0.25) is 24.2 Å². The number of nitrogens with zero attached hydrogens (tertiary/aromatic N) is 2. The predicted molar refractivity (Wildman–Crippen MR) is 115 cm³/mol.